The molecule has 1 aliphatic rings. The Labute approximate surface area is 125 Å². The van der Waals surface area contributed by atoms with Crippen LogP contribution >= 0.6 is 0 Å². The number of oxazole rings is 1. The lowest BCUT2D eigenvalue weighted by molar-refractivity contribution is 0.0375. The van der Waals surface area contributed by atoms with E-state index < -0.39 is 0 Å². The second kappa shape index (κ2) is 4.26. The van der Waals surface area contributed by atoms with Gasteiger partial charge in [0, 0.05) is 7.05 Å². The Balaban J connectivity index is 2.09. The van der Waals surface area contributed by atoms with Gasteiger partial charge in [-0.05, 0) is 49.6 Å². The summed E-state index contributed by atoms with van der Waals surface area (Å²) < 4.78 is 13.2. The molecule has 21 heavy (non-hydrogen) atoms. The summed E-state index contributed by atoms with van der Waals surface area (Å²) in [6.07, 6.45) is 0.960. The minimum Gasteiger partial charge on any atom is -0.426 e. The van der Waals surface area contributed by atoms with Gasteiger partial charge in [-0.15, -0.1) is 0 Å². The second-order valence-corrected chi connectivity index (χ2v) is 7.32. The third kappa shape index (κ3) is 2.06. The molecular formula is C16H22BNO3. The van der Waals surface area contributed by atoms with E-state index in [0.29, 0.717) is 5.58 Å². The Hall–Kier alpha value is -1.49. The van der Waals surface area contributed by atoms with E-state index in [1.807, 2.05) is 13.0 Å². The highest BCUT2D eigenvalue weighted by molar-refractivity contribution is 6.68. The van der Waals surface area contributed by atoms with Crippen LogP contribution in [0.2, 0.25) is 6.32 Å². The molecule has 0 N–H and O–H groups in total. The molecular weight excluding hydrogens is 265 g/mol. The monoisotopic (exact) mass is 287 g/mol. The predicted octanol–water partition coefficient (Wildman–Crippen LogP) is 2.47. The SMILES string of the molecule is Cc1cc(B2CC(C)(C)C(C)(C)O2)cc2oc(=O)n(C)c12. The first kappa shape index (κ1) is 14.5. The maximum absolute atomic E-state index is 11.7. The van der Waals surface area contributed by atoms with E-state index in [9.17, 15) is 4.79 Å². The molecule has 1 aromatic heterocycles. The molecule has 0 saturated carbocycles. The quantitative estimate of drug-likeness (QED) is 0.757. The Kier molecular flexibility index (Phi) is 2.93. The number of benzene rings is 1. The average Bonchev–Trinajstić information content (AvgIpc) is 2.74. The van der Waals surface area contributed by atoms with Crippen molar-refractivity contribution < 1.29 is 9.07 Å². The molecule has 1 fully saturated rings. The summed E-state index contributed by atoms with van der Waals surface area (Å²) in [7, 11) is 1.74. The van der Waals surface area contributed by atoms with Gasteiger partial charge in [-0.25, -0.2) is 4.79 Å². The van der Waals surface area contributed by atoms with Crippen LogP contribution in [0.25, 0.3) is 11.1 Å². The Morgan fingerprint density at radius 3 is 2.48 bits per heavy atom. The van der Waals surface area contributed by atoms with E-state index in [4.69, 9.17) is 9.07 Å². The molecule has 1 aliphatic heterocycles. The normalized spacial score (nSPS) is 20.4. The zero-order valence-corrected chi connectivity index (χ0v) is 13.6. The first-order chi connectivity index (χ1) is 9.62. The van der Waals surface area contributed by atoms with E-state index in [1.165, 1.54) is 0 Å². The minimum atomic E-state index is -0.321. The van der Waals surface area contributed by atoms with Gasteiger partial charge in [0.15, 0.2) is 5.58 Å². The van der Waals surface area contributed by atoms with Crippen molar-refractivity contribution in [1.82, 2.24) is 4.57 Å². The fraction of sp³-hybridized carbons (Fsp3) is 0.562. The van der Waals surface area contributed by atoms with Gasteiger partial charge >= 0.3 is 12.7 Å². The van der Waals surface area contributed by atoms with E-state index in [-0.39, 0.29) is 23.7 Å². The average molecular weight is 287 g/mol. The Morgan fingerprint density at radius 2 is 1.90 bits per heavy atom. The number of aryl methyl sites for hydroxylation is 2. The molecule has 0 bridgehead atoms. The van der Waals surface area contributed by atoms with Gasteiger partial charge < -0.3 is 9.07 Å². The molecule has 2 heterocycles. The maximum atomic E-state index is 11.7. The van der Waals surface area contributed by atoms with Gasteiger partial charge in [-0.3, -0.25) is 4.57 Å². The van der Waals surface area contributed by atoms with Crippen molar-refractivity contribution in [1.29, 1.82) is 0 Å². The Morgan fingerprint density at radius 1 is 1.24 bits per heavy atom. The van der Waals surface area contributed by atoms with Crippen LogP contribution in [0, 0.1) is 12.3 Å². The second-order valence-electron chi connectivity index (χ2n) is 7.32. The highest BCUT2D eigenvalue weighted by Gasteiger charge is 2.49. The van der Waals surface area contributed by atoms with Gasteiger partial charge in [-0.1, -0.05) is 19.9 Å². The topological polar surface area (TPSA) is 44.4 Å². The largest absolute Gasteiger partial charge is 0.426 e. The fourth-order valence-electron chi connectivity index (χ4n) is 3.17. The lowest BCUT2D eigenvalue weighted by atomic mass is 9.54. The fourth-order valence-corrected chi connectivity index (χ4v) is 3.17. The van der Waals surface area contributed by atoms with Crippen LogP contribution in [0.3, 0.4) is 0 Å². The molecule has 0 radical (unpaired) electrons. The molecule has 3 rings (SSSR count). The smallest absolute Gasteiger partial charge is 0.419 e. The summed E-state index contributed by atoms with van der Waals surface area (Å²) in [5, 5.41) is 0. The summed E-state index contributed by atoms with van der Waals surface area (Å²) in [6.45, 7) is 10.8. The molecule has 1 saturated heterocycles. The van der Waals surface area contributed by atoms with Crippen LogP contribution in [-0.2, 0) is 11.7 Å². The summed E-state index contributed by atoms with van der Waals surface area (Å²) in [4.78, 5) is 11.7. The molecule has 2 aromatic rings. The van der Waals surface area contributed by atoms with Crippen LogP contribution in [0.1, 0.15) is 33.3 Å². The van der Waals surface area contributed by atoms with E-state index in [2.05, 4.69) is 33.8 Å². The van der Waals surface area contributed by atoms with E-state index >= 15 is 0 Å². The lowest BCUT2D eigenvalue weighted by Gasteiger charge is -2.34. The first-order valence-electron chi connectivity index (χ1n) is 7.40. The van der Waals surface area contributed by atoms with Crippen LogP contribution < -0.4 is 11.2 Å². The number of nitrogens with zero attached hydrogens (tertiary/aromatic N) is 1. The molecule has 112 valence electrons. The molecule has 0 amide bonds. The number of fused-ring (bicyclic) bond motifs is 1. The maximum Gasteiger partial charge on any atom is 0.419 e. The first-order valence-corrected chi connectivity index (χ1v) is 7.40. The highest BCUT2D eigenvalue weighted by atomic mass is 16.5. The van der Waals surface area contributed by atoms with Crippen molar-refractivity contribution >= 4 is 23.5 Å². The number of aromatic nitrogens is 1. The zero-order chi connectivity index (χ0) is 15.6. The standard InChI is InChI=1S/C16H22BNO3/c1-10-7-11(8-12-13(10)18(6)14(19)20-12)17-9-15(2,3)16(4,5)21-17/h7-8H,9H2,1-6H3. The third-order valence-corrected chi connectivity index (χ3v) is 5.23. The number of hydrogen-bond acceptors (Lipinski definition) is 3. The molecule has 5 heteroatoms. The van der Waals surface area contributed by atoms with E-state index in [0.717, 1.165) is 22.9 Å². The summed E-state index contributed by atoms with van der Waals surface area (Å²) in [5.74, 6) is -0.321. The summed E-state index contributed by atoms with van der Waals surface area (Å²) in [5.41, 5.74) is 3.58. The van der Waals surface area contributed by atoms with Crippen LogP contribution in [0.15, 0.2) is 21.3 Å². The van der Waals surface area contributed by atoms with Crippen LogP contribution in [-0.4, -0.2) is 17.1 Å². The minimum absolute atomic E-state index is 0.0450. The molecule has 0 unspecified atom stereocenters. The Bertz CT molecular complexity index is 754. The molecule has 0 aliphatic carbocycles. The highest BCUT2D eigenvalue weighted by Crippen LogP contribution is 2.45. The van der Waals surface area contributed by atoms with Gasteiger partial charge in [0.1, 0.15) is 0 Å². The number of rotatable bonds is 1. The van der Waals surface area contributed by atoms with Crippen molar-refractivity contribution in [3.63, 3.8) is 0 Å². The van der Waals surface area contributed by atoms with Crippen molar-refractivity contribution in [3.8, 4) is 0 Å². The van der Waals surface area contributed by atoms with Gasteiger partial charge in [0.2, 0.25) is 0 Å². The zero-order valence-electron chi connectivity index (χ0n) is 13.6. The predicted molar refractivity (Wildman–Crippen MR) is 85.3 cm³/mol. The van der Waals surface area contributed by atoms with Crippen molar-refractivity contribution in [2.45, 2.75) is 46.5 Å². The van der Waals surface area contributed by atoms with Crippen molar-refractivity contribution in [2.75, 3.05) is 0 Å². The van der Waals surface area contributed by atoms with E-state index in [1.54, 1.807) is 11.6 Å². The van der Waals surface area contributed by atoms with Crippen LogP contribution in [0.4, 0.5) is 0 Å². The number of hydrogen-bond donors (Lipinski definition) is 0. The van der Waals surface area contributed by atoms with Gasteiger partial charge in [0.25, 0.3) is 0 Å². The summed E-state index contributed by atoms with van der Waals surface area (Å²) in [6, 6.07) is 4.06. The molecule has 0 spiro atoms. The molecule has 0 atom stereocenters. The van der Waals surface area contributed by atoms with Crippen molar-refractivity contribution in [3.05, 3.63) is 28.2 Å². The van der Waals surface area contributed by atoms with Gasteiger partial charge in [-0.2, -0.15) is 0 Å². The third-order valence-electron chi connectivity index (χ3n) is 5.23. The van der Waals surface area contributed by atoms with Crippen LogP contribution in [0.5, 0.6) is 0 Å². The lowest BCUT2D eigenvalue weighted by Crippen LogP contribution is -2.36. The molecule has 1 aromatic carbocycles. The van der Waals surface area contributed by atoms with Crippen molar-refractivity contribution in [2.24, 2.45) is 12.5 Å². The summed E-state index contributed by atoms with van der Waals surface area (Å²) >= 11 is 0. The van der Waals surface area contributed by atoms with Gasteiger partial charge in [0.05, 0.1) is 11.1 Å². The molecule has 4 nitrogen and oxygen atoms in total.